The average molecular weight is 415 g/mol. The van der Waals surface area contributed by atoms with Gasteiger partial charge in [-0.05, 0) is 60.7 Å². The normalized spacial score (nSPS) is 28.1. The molecule has 1 aromatic heterocycles. The minimum atomic E-state index is -0.320. The van der Waals surface area contributed by atoms with Crippen LogP contribution in [0, 0.1) is 23.7 Å². The highest BCUT2D eigenvalue weighted by Crippen LogP contribution is 2.56. The molecule has 1 N–H and O–H groups in total. The number of benzene rings is 1. The predicted octanol–water partition coefficient (Wildman–Crippen LogP) is 3.87. The summed E-state index contributed by atoms with van der Waals surface area (Å²) >= 11 is 7.80. The molecule has 2 saturated carbocycles. The van der Waals surface area contributed by atoms with Crippen molar-refractivity contribution in [3.8, 4) is 0 Å². The Morgan fingerprint density at radius 2 is 1.86 bits per heavy atom. The number of nitrogens with one attached hydrogen (secondary N) is 1. The third-order valence-corrected chi connectivity index (χ3v) is 7.59. The summed E-state index contributed by atoms with van der Waals surface area (Å²) in [7, 11) is 0. The standard InChI is InChI=1S/C21H19ClN2O3S/c22-16-6-5-13(9-15(16)19(25)23-10-14-2-1-7-28-14)24-20(26)17-11-3-4-12(8-11)18(17)21(24)27/h1-2,5-7,9,11-12,17-18H,3-4,8,10H2,(H,23,25)/t11-,12+,17-,18+. The first-order valence-corrected chi connectivity index (χ1v) is 10.8. The average Bonchev–Trinajstić information content (AvgIpc) is 3.46. The van der Waals surface area contributed by atoms with E-state index in [9.17, 15) is 14.4 Å². The highest BCUT2D eigenvalue weighted by Gasteiger charge is 2.61. The second kappa shape index (κ2) is 6.71. The second-order valence-corrected chi connectivity index (χ2v) is 9.26. The Bertz CT molecular complexity index is 946. The molecule has 28 heavy (non-hydrogen) atoms. The number of hydrogen-bond donors (Lipinski definition) is 1. The molecule has 0 spiro atoms. The molecule has 144 valence electrons. The molecule has 0 unspecified atom stereocenters. The minimum absolute atomic E-state index is 0.116. The van der Waals surface area contributed by atoms with Crippen LogP contribution in [0.5, 0.6) is 0 Å². The number of hydrogen-bond acceptors (Lipinski definition) is 4. The fraction of sp³-hybridized carbons (Fsp3) is 0.381. The fourth-order valence-corrected chi connectivity index (χ4v) is 6.01. The summed E-state index contributed by atoms with van der Waals surface area (Å²) in [5.41, 5.74) is 0.714. The van der Waals surface area contributed by atoms with Crippen molar-refractivity contribution in [2.45, 2.75) is 25.8 Å². The molecule has 1 aromatic carbocycles. The quantitative estimate of drug-likeness (QED) is 0.772. The number of nitrogens with zero attached hydrogens (tertiary/aromatic N) is 1. The first-order chi connectivity index (χ1) is 13.5. The molecule has 2 heterocycles. The summed E-state index contributed by atoms with van der Waals surface area (Å²) in [5, 5.41) is 5.09. The molecule has 2 bridgehead atoms. The van der Waals surface area contributed by atoms with Gasteiger partial charge in [0, 0.05) is 4.88 Å². The number of amides is 3. The summed E-state index contributed by atoms with van der Waals surface area (Å²) in [6.45, 7) is 0.409. The van der Waals surface area contributed by atoms with Crippen molar-refractivity contribution in [3.63, 3.8) is 0 Å². The lowest BCUT2D eigenvalue weighted by molar-refractivity contribution is -0.123. The van der Waals surface area contributed by atoms with Crippen LogP contribution in [0.4, 0.5) is 5.69 Å². The summed E-state index contributed by atoms with van der Waals surface area (Å²) in [6.07, 6.45) is 3.07. The topological polar surface area (TPSA) is 66.5 Å². The largest absolute Gasteiger partial charge is 0.347 e. The lowest BCUT2D eigenvalue weighted by Gasteiger charge is -2.19. The zero-order valence-corrected chi connectivity index (χ0v) is 16.6. The number of imide groups is 1. The van der Waals surface area contributed by atoms with Crippen molar-refractivity contribution >= 4 is 46.3 Å². The molecule has 0 radical (unpaired) electrons. The molecule has 3 aliphatic rings. The van der Waals surface area contributed by atoms with Crippen LogP contribution in [0.25, 0.3) is 0 Å². The summed E-state index contributed by atoms with van der Waals surface area (Å²) < 4.78 is 0. The molecule has 4 atom stereocenters. The number of carbonyl (C=O) groups excluding carboxylic acids is 3. The Morgan fingerprint density at radius 1 is 1.14 bits per heavy atom. The maximum absolute atomic E-state index is 13.0. The first-order valence-electron chi connectivity index (χ1n) is 9.52. The van der Waals surface area contributed by atoms with E-state index in [4.69, 9.17) is 11.6 Å². The van der Waals surface area contributed by atoms with Gasteiger partial charge in [0.1, 0.15) is 0 Å². The Morgan fingerprint density at radius 3 is 2.50 bits per heavy atom. The summed E-state index contributed by atoms with van der Waals surface area (Å²) in [4.78, 5) is 41.0. The van der Waals surface area contributed by atoms with Gasteiger partial charge in [-0.3, -0.25) is 19.3 Å². The van der Waals surface area contributed by atoms with Crippen LogP contribution >= 0.6 is 22.9 Å². The third kappa shape index (κ3) is 2.70. The van der Waals surface area contributed by atoms with Crippen molar-refractivity contribution in [2.75, 3.05) is 4.90 Å². The van der Waals surface area contributed by atoms with Crippen LogP contribution in [-0.2, 0) is 16.1 Å². The van der Waals surface area contributed by atoms with E-state index >= 15 is 0 Å². The van der Waals surface area contributed by atoms with Crippen LogP contribution in [0.15, 0.2) is 35.7 Å². The van der Waals surface area contributed by atoms with Gasteiger partial charge in [0.25, 0.3) is 5.91 Å². The zero-order valence-electron chi connectivity index (χ0n) is 15.1. The first kappa shape index (κ1) is 17.9. The fourth-order valence-electron chi connectivity index (χ4n) is 5.17. The molecule has 5 rings (SSSR count). The van der Waals surface area contributed by atoms with E-state index in [2.05, 4.69) is 5.32 Å². The molecule has 1 saturated heterocycles. The zero-order chi connectivity index (χ0) is 19.4. The monoisotopic (exact) mass is 414 g/mol. The van der Waals surface area contributed by atoms with Gasteiger partial charge in [-0.2, -0.15) is 0 Å². The maximum atomic E-state index is 13.0. The second-order valence-electron chi connectivity index (χ2n) is 7.82. The van der Waals surface area contributed by atoms with E-state index in [0.717, 1.165) is 24.1 Å². The molecule has 5 nitrogen and oxygen atoms in total. The highest BCUT2D eigenvalue weighted by molar-refractivity contribution is 7.09. The number of thiophene rings is 1. The number of anilines is 1. The minimum Gasteiger partial charge on any atom is -0.347 e. The molecular formula is C21H19ClN2O3S. The summed E-state index contributed by atoms with van der Waals surface area (Å²) in [5.74, 6) is -0.255. The molecule has 1 aliphatic heterocycles. The van der Waals surface area contributed by atoms with Crippen molar-refractivity contribution in [2.24, 2.45) is 23.7 Å². The molecule has 3 fully saturated rings. The molecule has 2 aromatic rings. The molecule has 2 aliphatic carbocycles. The Labute approximate surface area is 171 Å². The SMILES string of the molecule is O=C(NCc1cccs1)c1cc(N2C(=O)[C@@H]3[C@@H]4CC[C@@H](C4)[C@@H]3C2=O)ccc1Cl. The van der Waals surface area contributed by atoms with Crippen LogP contribution in [-0.4, -0.2) is 17.7 Å². The Kier molecular flexibility index (Phi) is 4.29. The van der Waals surface area contributed by atoms with Crippen molar-refractivity contribution < 1.29 is 14.4 Å². The molecule has 7 heteroatoms. The van der Waals surface area contributed by atoms with E-state index in [1.165, 1.54) is 4.90 Å². The summed E-state index contributed by atoms with van der Waals surface area (Å²) in [6, 6.07) is 8.66. The van der Waals surface area contributed by atoms with Crippen molar-refractivity contribution in [1.29, 1.82) is 0 Å². The van der Waals surface area contributed by atoms with Crippen molar-refractivity contribution in [3.05, 3.63) is 51.2 Å². The van der Waals surface area contributed by atoms with Gasteiger partial charge in [-0.25, -0.2) is 0 Å². The van der Waals surface area contributed by atoms with Gasteiger partial charge in [0.15, 0.2) is 0 Å². The van der Waals surface area contributed by atoms with E-state index < -0.39 is 0 Å². The van der Waals surface area contributed by atoms with E-state index in [0.29, 0.717) is 29.1 Å². The van der Waals surface area contributed by atoms with E-state index in [1.54, 1.807) is 29.5 Å². The smallest absolute Gasteiger partial charge is 0.253 e. The van der Waals surface area contributed by atoms with Crippen LogP contribution in [0.2, 0.25) is 5.02 Å². The predicted molar refractivity (Wildman–Crippen MR) is 107 cm³/mol. The Hall–Kier alpha value is -2.18. The third-order valence-electron chi connectivity index (χ3n) is 6.38. The number of halogens is 1. The van der Waals surface area contributed by atoms with Gasteiger partial charge < -0.3 is 5.32 Å². The van der Waals surface area contributed by atoms with Gasteiger partial charge in [0.05, 0.1) is 34.7 Å². The lowest BCUT2D eigenvalue weighted by atomic mass is 9.81. The van der Waals surface area contributed by atoms with Gasteiger partial charge in [0.2, 0.25) is 11.8 Å². The van der Waals surface area contributed by atoms with Gasteiger partial charge in [-0.1, -0.05) is 17.7 Å². The lowest BCUT2D eigenvalue weighted by Crippen LogP contribution is -2.33. The van der Waals surface area contributed by atoms with Gasteiger partial charge >= 0.3 is 0 Å². The van der Waals surface area contributed by atoms with Crippen LogP contribution in [0.1, 0.15) is 34.5 Å². The van der Waals surface area contributed by atoms with Gasteiger partial charge in [-0.15, -0.1) is 11.3 Å². The number of fused-ring (bicyclic) bond motifs is 5. The molecular weight excluding hydrogens is 396 g/mol. The van der Waals surface area contributed by atoms with Crippen LogP contribution < -0.4 is 10.2 Å². The number of carbonyl (C=O) groups is 3. The van der Waals surface area contributed by atoms with E-state index in [-0.39, 0.29) is 35.1 Å². The molecule has 3 amide bonds. The van der Waals surface area contributed by atoms with Crippen LogP contribution in [0.3, 0.4) is 0 Å². The maximum Gasteiger partial charge on any atom is 0.253 e. The Balaban J connectivity index is 1.40. The number of rotatable bonds is 4. The highest BCUT2D eigenvalue weighted by atomic mass is 35.5. The van der Waals surface area contributed by atoms with Crippen molar-refractivity contribution in [1.82, 2.24) is 5.32 Å². The van der Waals surface area contributed by atoms with E-state index in [1.807, 2.05) is 17.5 Å².